The Labute approximate surface area is 228 Å². The zero-order valence-electron chi connectivity index (χ0n) is 22.1. The van der Waals surface area contributed by atoms with Gasteiger partial charge in [-0.1, -0.05) is 32.4 Å². The molecule has 11 heteroatoms. The molecule has 0 heterocycles. The molecule has 0 aliphatic heterocycles. The predicted molar refractivity (Wildman–Crippen MR) is 144 cm³/mol. The molecule has 4 rings (SSSR count). The Kier molecular flexibility index (Phi) is 7.86. The Morgan fingerprint density at radius 1 is 1.03 bits per heavy atom. The minimum absolute atomic E-state index is 0.00702. The maximum absolute atomic E-state index is 13.7. The van der Waals surface area contributed by atoms with Gasteiger partial charge in [0.1, 0.15) is 0 Å². The lowest BCUT2D eigenvalue weighted by Crippen LogP contribution is -2.49. The number of carbonyl (C=O) groups is 1. The Balaban J connectivity index is 1.54. The highest BCUT2D eigenvalue weighted by atomic mass is 35.5. The summed E-state index contributed by atoms with van der Waals surface area (Å²) in [6.07, 6.45) is 2.79. The second-order valence-electron chi connectivity index (χ2n) is 11.9. The highest BCUT2D eigenvalue weighted by Crippen LogP contribution is 2.50. The SMILES string of the molecule is CC(C)(C)[Si](C)(C)OC1C2CCC1CC(S(=O)(=O)c1cc(C(=O)Nc3cc(F)c(F)c(F)c3)ccc1Cl)C2. The van der Waals surface area contributed by atoms with E-state index >= 15 is 0 Å². The molecule has 2 aromatic rings. The third-order valence-corrected chi connectivity index (χ3v) is 15.5. The molecule has 5 nitrogen and oxygen atoms in total. The van der Waals surface area contributed by atoms with Crippen molar-refractivity contribution in [3.8, 4) is 0 Å². The molecule has 2 fully saturated rings. The first-order valence-corrected chi connectivity index (χ1v) is 17.5. The number of benzene rings is 2. The van der Waals surface area contributed by atoms with E-state index in [0.29, 0.717) is 25.0 Å². The van der Waals surface area contributed by atoms with Gasteiger partial charge >= 0.3 is 0 Å². The number of sulfone groups is 1. The second-order valence-corrected chi connectivity index (χ2v) is 19.3. The number of amides is 1. The summed E-state index contributed by atoms with van der Waals surface area (Å²) in [5.41, 5.74) is -0.363. The summed E-state index contributed by atoms with van der Waals surface area (Å²) < 4.78 is 74.6. The van der Waals surface area contributed by atoms with Gasteiger partial charge in [-0.25, -0.2) is 21.6 Å². The number of carbonyl (C=O) groups excluding carboxylic acids is 1. The lowest BCUT2D eigenvalue weighted by Gasteiger charge is -2.44. The number of halogens is 4. The van der Waals surface area contributed by atoms with Crippen LogP contribution in [0, 0.1) is 29.3 Å². The summed E-state index contributed by atoms with van der Waals surface area (Å²) in [4.78, 5) is 12.6. The Bertz CT molecular complexity index is 1330. The van der Waals surface area contributed by atoms with Crippen molar-refractivity contribution < 1.29 is 30.8 Å². The minimum atomic E-state index is -3.89. The first-order valence-electron chi connectivity index (χ1n) is 12.7. The van der Waals surface area contributed by atoms with Gasteiger partial charge in [-0.15, -0.1) is 0 Å². The van der Waals surface area contributed by atoms with Crippen LogP contribution in [-0.2, 0) is 14.3 Å². The van der Waals surface area contributed by atoms with E-state index in [4.69, 9.17) is 16.0 Å². The van der Waals surface area contributed by atoms with E-state index in [-0.39, 0.29) is 44.1 Å². The summed E-state index contributed by atoms with van der Waals surface area (Å²) in [6, 6.07) is 5.11. The Hall–Kier alpha value is -1.88. The predicted octanol–water partition coefficient (Wildman–Crippen LogP) is 7.36. The number of fused-ring (bicyclic) bond motifs is 2. The van der Waals surface area contributed by atoms with Crippen LogP contribution in [0.3, 0.4) is 0 Å². The van der Waals surface area contributed by atoms with Crippen molar-refractivity contribution in [1.29, 1.82) is 0 Å². The quantitative estimate of drug-likeness (QED) is 0.283. The van der Waals surface area contributed by atoms with E-state index in [1.54, 1.807) is 0 Å². The molecule has 38 heavy (non-hydrogen) atoms. The molecule has 1 N–H and O–H groups in total. The lowest BCUT2D eigenvalue weighted by molar-refractivity contribution is 0.0713. The molecule has 2 aliphatic rings. The molecular formula is C27H33ClF3NO4SSi. The Morgan fingerprint density at radius 3 is 2.11 bits per heavy atom. The largest absolute Gasteiger partial charge is 0.413 e. The van der Waals surface area contributed by atoms with Crippen LogP contribution in [0.25, 0.3) is 0 Å². The zero-order chi connectivity index (χ0) is 28.2. The highest BCUT2D eigenvalue weighted by molar-refractivity contribution is 7.92. The maximum Gasteiger partial charge on any atom is 0.255 e. The molecule has 2 bridgehead atoms. The minimum Gasteiger partial charge on any atom is -0.413 e. The average Bonchev–Trinajstić information content (AvgIpc) is 3.02. The van der Waals surface area contributed by atoms with Gasteiger partial charge in [-0.3, -0.25) is 4.79 Å². The van der Waals surface area contributed by atoms with E-state index in [1.165, 1.54) is 18.2 Å². The van der Waals surface area contributed by atoms with Crippen molar-refractivity contribution >= 4 is 41.4 Å². The maximum atomic E-state index is 13.7. The van der Waals surface area contributed by atoms with Crippen LogP contribution in [-0.4, -0.2) is 34.0 Å². The van der Waals surface area contributed by atoms with Gasteiger partial charge in [0.2, 0.25) is 0 Å². The molecule has 0 aromatic heterocycles. The van der Waals surface area contributed by atoms with Crippen LogP contribution in [0.5, 0.6) is 0 Å². The van der Waals surface area contributed by atoms with Gasteiger partial charge in [0.25, 0.3) is 5.91 Å². The van der Waals surface area contributed by atoms with Gasteiger partial charge in [-0.2, -0.15) is 0 Å². The van der Waals surface area contributed by atoms with Crippen LogP contribution in [0.1, 0.15) is 56.8 Å². The summed E-state index contributed by atoms with van der Waals surface area (Å²) >= 11 is 6.31. The number of hydrogen-bond donors (Lipinski definition) is 1. The van der Waals surface area contributed by atoms with Gasteiger partial charge in [0, 0.05) is 23.4 Å². The molecule has 0 radical (unpaired) electrons. The van der Waals surface area contributed by atoms with Gasteiger partial charge in [-0.05, 0) is 73.9 Å². The third-order valence-electron chi connectivity index (χ3n) is 8.39. The first kappa shape index (κ1) is 29.1. The third kappa shape index (κ3) is 5.55. The molecule has 0 saturated heterocycles. The molecule has 208 valence electrons. The molecule has 2 unspecified atom stereocenters. The fourth-order valence-electron chi connectivity index (χ4n) is 5.25. The highest BCUT2D eigenvalue weighted by Gasteiger charge is 2.51. The van der Waals surface area contributed by atoms with Gasteiger partial charge in [0.05, 0.1) is 21.3 Å². The average molecular weight is 588 g/mol. The molecule has 2 aliphatic carbocycles. The van der Waals surface area contributed by atoms with E-state index in [2.05, 4.69) is 39.2 Å². The van der Waals surface area contributed by atoms with Crippen molar-refractivity contribution in [3.05, 3.63) is 58.4 Å². The second kappa shape index (κ2) is 10.3. The van der Waals surface area contributed by atoms with E-state index in [1.807, 2.05) is 0 Å². The standard InChI is InChI=1S/C27H33ClF3NO4SSi/c1-27(2,3)38(4,5)36-25-15-6-7-16(25)11-19(10-15)37(34,35)23-12-17(8-9-20(23)28)26(33)32-18-13-21(29)24(31)22(30)14-18/h8-9,12-16,19,25H,6-7,10-11H2,1-5H3,(H,32,33). The number of nitrogens with one attached hydrogen (secondary N) is 1. The molecule has 1 amide bonds. The van der Waals surface area contributed by atoms with Crippen molar-refractivity contribution in [2.45, 2.75) is 80.8 Å². The smallest absolute Gasteiger partial charge is 0.255 e. The zero-order valence-corrected chi connectivity index (χ0v) is 24.7. The van der Waals surface area contributed by atoms with E-state index < -0.39 is 46.8 Å². The molecule has 2 saturated carbocycles. The van der Waals surface area contributed by atoms with Crippen molar-refractivity contribution in [1.82, 2.24) is 0 Å². The summed E-state index contributed by atoms with van der Waals surface area (Å²) in [6.45, 7) is 11.0. The normalized spacial score (nSPS) is 23.9. The van der Waals surface area contributed by atoms with Crippen molar-refractivity contribution in [3.63, 3.8) is 0 Å². The van der Waals surface area contributed by atoms with Crippen LogP contribution in [0.15, 0.2) is 35.2 Å². The van der Waals surface area contributed by atoms with Crippen molar-refractivity contribution in [2.75, 3.05) is 5.32 Å². The van der Waals surface area contributed by atoms with Crippen LogP contribution in [0.4, 0.5) is 18.9 Å². The van der Waals surface area contributed by atoms with Crippen molar-refractivity contribution in [2.24, 2.45) is 11.8 Å². The van der Waals surface area contributed by atoms with Crippen LogP contribution < -0.4 is 5.32 Å². The topological polar surface area (TPSA) is 72.5 Å². The first-order chi connectivity index (χ1) is 17.5. The van der Waals surface area contributed by atoms with Gasteiger partial charge in [0.15, 0.2) is 35.6 Å². The molecular weight excluding hydrogens is 555 g/mol. The van der Waals surface area contributed by atoms with E-state index in [0.717, 1.165) is 12.8 Å². The van der Waals surface area contributed by atoms with E-state index in [9.17, 15) is 26.4 Å². The van der Waals surface area contributed by atoms with Crippen LogP contribution in [0.2, 0.25) is 23.2 Å². The lowest BCUT2D eigenvalue weighted by atomic mass is 9.86. The fourth-order valence-corrected chi connectivity index (χ4v) is 9.10. The molecule has 0 spiro atoms. The summed E-state index contributed by atoms with van der Waals surface area (Å²) in [5.74, 6) is -5.10. The summed E-state index contributed by atoms with van der Waals surface area (Å²) in [7, 11) is -5.91. The molecule has 2 aromatic carbocycles. The Morgan fingerprint density at radius 2 is 1.58 bits per heavy atom. The summed E-state index contributed by atoms with van der Waals surface area (Å²) in [5, 5.41) is 1.66. The number of rotatable bonds is 6. The monoisotopic (exact) mass is 587 g/mol. The van der Waals surface area contributed by atoms with Crippen LogP contribution >= 0.6 is 11.6 Å². The fraction of sp³-hybridized carbons (Fsp3) is 0.519. The molecule has 2 atom stereocenters. The van der Waals surface area contributed by atoms with Gasteiger partial charge < -0.3 is 9.74 Å². The number of hydrogen-bond acceptors (Lipinski definition) is 4. The number of anilines is 1.